The van der Waals surface area contributed by atoms with Crippen LogP contribution in [0.25, 0.3) is 11.4 Å². The minimum absolute atomic E-state index is 0.00244. The summed E-state index contributed by atoms with van der Waals surface area (Å²) < 4.78 is 8.88. The fraction of sp³-hybridized carbons (Fsp3) is 0.231. The number of nitrogens with zero attached hydrogens (tertiary/aromatic N) is 3. The Morgan fingerprint density at radius 1 is 0.830 bits per heavy atom. The maximum absolute atomic E-state index is 14.3. The van der Waals surface area contributed by atoms with Gasteiger partial charge in [-0.25, -0.2) is 4.98 Å². The maximum Gasteiger partial charge on any atom is 0.261 e. The van der Waals surface area contributed by atoms with Crippen molar-refractivity contribution in [3.8, 4) is 17.1 Å². The summed E-state index contributed by atoms with van der Waals surface area (Å²) in [5.74, 6) is -0.0352. The van der Waals surface area contributed by atoms with Crippen LogP contribution in [0.4, 0.5) is 0 Å². The Balaban J connectivity index is 1.34. The van der Waals surface area contributed by atoms with Crippen LogP contribution in [0.1, 0.15) is 67.8 Å². The van der Waals surface area contributed by atoms with Gasteiger partial charge >= 0.3 is 0 Å². The molecule has 2 aliphatic heterocycles. The summed E-state index contributed by atoms with van der Waals surface area (Å²) in [4.78, 5) is 47.2. The van der Waals surface area contributed by atoms with E-state index in [2.05, 4.69) is 18.4 Å². The van der Waals surface area contributed by atoms with Crippen LogP contribution in [0.3, 0.4) is 0 Å². The summed E-state index contributed by atoms with van der Waals surface area (Å²) >= 11 is 6.39. The van der Waals surface area contributed by atoms with Crippen LogP contribution in [0.15, 0.2) is 103 Å². The van der Waals surface area contributed by atoms with Gasteiger partial charge in [0.1, 0.15) is 17.7 Å². The summed E-state index contributed by atoms with van der Waals surface area (Å²) in [7, 11) is 0. The lowest BCUT2D eigenvalue weighted by Crippen LogP contribution is -2.46. The zero-order chi connectivity index (χ0) is 32.8. The van der Waals surface area contributed by atoms with Crippen molar-refractivity contribution in [2.75, 3.05) is 0 Å². The average molecular weight is 644 g/mol. The van der Waals surface area contributed by atoms with E-state index in [1.54, 1.807) is 42.5 Å². The van der Waals surface area contributed by atoms with E-state index < -0.39 is 12.0 Å². The normalized spacial score (nSPS) is 17.9. The third-order valence-corrected chi connectivity index (χ3v) is 9.37. The fourth-order valence-electron chi connectivity index (χ4n) is 6.83. The first-order valence-electron chi connectivity index (χ1n) is 15.8. The quantitative estimate of drug-likeness (QED) is 0.160. The molecular weight excluding hydrogens is 610 g/mol. The van der Waals surface area contributed by atoms with Crippen LogP contribution in [0.2, 0.25) is 5.02 Å². The van der Waals surface area contributed by atoms with Crippen LogP contribution in [-0.4, -0.2) is 38.2 Å². The van der Waals surface area contributed by atoms with Crippen LogP contribution < -0.4 is 4.74 Å². The smallest absolute Gasteiger partial charge is 0.261 e. The van der Waals surface area contributed by atoms with Crippen molar-refractivity contribution in [1.82, 2.24) is 14.5 Å². The van der Waals surface area contributed by atoms with E-state index in [4.69, 9.17) is 21.3 Å². The molecule has 2 amide bonds. The number of aryl methyl sites for hydroxylation is 1. The molecule has 7 nitrogen and oxygen atoms in total. The number of Topliss-reactive ketones (excluding diaryl/α,β-unsaturated/α-hetero) is 1. The molecule has 0 bridgehead atoms. The molecular formula is C39H34ClN3O4. The van der Waals surface area contributed by atoms with Crippen molar-refractivity contribution in [2.45, 2.75) is 45.9 Å². The van der Waals surface area contributed by atoms with E-state index in [-0.39, 0.29) is 36.1 Å². The highest BCUT2D eigenvalue weighted by Gasteiger charge is 2.44. The molecule has 5 aromatic rings. The standard InChI is InChI=1S/C39H34ClN3O4/c1-23(2)34(36-32(19-25-9-5-4-6-10-25)35(44)31-18-17-27(40)20-33(31)47-36)42-21-28(41-37(42)26-15-13-24(3)14-16-26)22-43-38(45)29-11-7-8-12-30(29)39(43)46/h4-18,20-21,23,32,34,36H,19,22H2,1-3H3/t32?,34-,36?/m1/s1. The zero-order valence-electron chi connectivity index (χ0n) is 26.4. The molecule has 0 aliphatic carbocycles. The summed E-state index contributed by atoms with van der Waals surface area (Å²) in [5, 5.41) is 0.490. The number of imide groups is 1. The molecule has 0 fully saturated rings. The highest BCUT2D eigenvalue weighted by atomic mass is 35.5. The minimum atomic E-state index is -0.570. The average Bonchev–Trinajstić information content (AvgIpc) is 3.58. The number of rotatable bonds is 8. The van der Waals surface area contributed by atoms with Gasteiger partial charge in [0.25, 0.3) is 11.8 Å². The second kappa shape index (κ2) is 12.3. The van der Waals surface area contributed by atoms with Crippen molar-refractivity contribution in [3.05, 3.63) is 142 Å². The second-order valence-corrected chi connectivity index (χ2v) is 13.1. The summed E-state index contributed by atoms with van der Waals surface area (Å²) in [6, 6.07) is 29.7. The molecule has 2 unspecified atom stereocenters. The molecule has 7 rings (SSSR count). The number of hydrogen-bond acceptors (Lipinski definition) is 5. The SMILES string of the molecule is Cc1ccc(-c2nc(CN3C(=O)c4ccccc4C3=O)cn2[C@H](C(C)C)C2Oc3cc(Cl)ccc3C(=O)C2Cc2ccccc2)cc1. The highest BCUT2D eigenvalue weighted by molar-refractivity contribution is 6.31. The monoisotopic (exact) mass is 643 g/mol. The number of imidazole rings is 1. The Hall–Kier alpha value is -5.01. The van der Waals surface area contributed by atoms with Crippen LogP contribution in [0.5, 0.6) is 5.75 Å². The molecule has 4 aromatic carbocycles. The predicted molar refractivity (Wildman–Crippen MR) is 181 cm³/mol. The number of carbonyl (C=O) groups excluding carboxylic acids is 3. The Labute approximate surface area is 278 Å². The number of benzene rings is 4. The van der Waals surface area contributed by atoms with Crippen molar-refractivity contribution in [3.63, 3.8) is 0 Å². The van der Waals surface area contributed by atoms with Crippen molar-refractivity contribution < 1.29 is 19.1 Å². The number of ketones is 1. The van der Waals surface area contributed by atoms with Crippen LogP contribution >= 0.6 is 11.6 Å². The van der Waals surface area contributed by atoms with Gasteiger partial charge < -0.3 is 9.30 Å². The predicted octanol–water partition coefficient (Wildman–Crippen LogP) is 8.01. The number of fused-ring (bicyclic) bond motifs is 2. The van der Waals surface area contributed by atoms with Gasteiger partial charge in [0.05, 0.1) is 40.9 Å². The van der Waals surface area contributed by atoms with Gasteiger partial charge in [0.15, 0.2) is 5.78 Å². The van der Waals surface area contributed by atoms with Gasteiger partial charge in [0, 0.05) is 16.8 Å². The molecule has 47 heavy (non-hydrogen) atoms. The largest absolute Gasteiger partial charge is 0.487 e. The number of halogens is 1. The Morgan fingerprint density at radius 2 is 1.49 bits per heavy atom. The third-order valence-electron chi connectivity index (χ3n) is 9.14. The first kappa shape index (κ1) is 30.6. The topological polar surface area (TPSA) is 81.5 Å². The van der Waals surface area contributed by atoms with Crippen molar-refractivity contribution >= 4 is 29.2 Å². The lowest BCUT2D eigenvalue weighted by molar-refractivity contribution is 0.0371. The highest BCUT2D eigenvalue weighted by Crippen LogP contribution is 2.42. The number of aromatic nitrogens is 2. The van der Waals surface area contributed by atoms with E-state index in [0.717, 1.165) is 16.7 Å². The lowest BCUT2D eigenvalue weighted by atomic mass is 9.79. The van der Waals surface area contributed by atoms with Gasteiger partial charge in [-0.05, 0) is 55.2 Å². The van der Waals surface area contributed by atoms with E-state index in [9.17, 15) is 14.4 Å². The molecule has 236 valence electrons. The Bertz CT molecular complexity index is 1970. The van der Waals surface area contributed by atoms with E-state index >= 15 is 0 Å². The Morgan fingerprint density at radius 3 is 2.15 bits per heavy atom. The molecule has 0 saturated carbocycles. The minimum Gasteiger partial charge on any atom is -0.487 e. The van der Waals surface area contributed by atoms with E-state index in [0.29, 0.717) is 45.4 Å². The van der Waals surface area contributed by atoms with Gasteiger partial charge in [-0.1, -0.05) is 97.7 Å². The van der Waals surface area contributed by atoms with E-state index in [1.807, 2.05) is 67.7 Å². The number of amides is 2. The van der Waals surface area contributed by atoms with E-state index in [1.165, 1.54) is 4.90 Å². The summed E-state index contributed by atoms with van der Waals surface area (Å²) in [5.41, 5.74) is 4.89. The zero-order valence-corrected chi connectivity index (χ0v) is 27.1. The van der Waals surface area contributed by atoms with Crippen LogP contribution in [0, 0.1) is 18.8 Å². The summed E-state index contributed by atoms with van der Waals surface area (Å²) in [6.07, 6.45) is 1.83. The molecule has 0 radical (unpaired) electrons. The van der Waals surface area contributed by atoms with Crippen molar-refractivity contribution in [2.24, 2.45) is 11.8 Å². The van der Waals surface area contributed by atoms with Gasteiger partial charge in [-0.3, -0.25) is 19.3 Å². The van der Waals surface area contributed by atoms with Gasteiger partial charge in [-0.15, -0.1) is 0 Å². The molecule has 3 heterocycles. The fourth-order valence-corrected chi connectivity index (χ4v) is 6.99. The molecule has 0 saturated heterocycles. The number of hydrogen-bond donors (Lipinski definition) is 0. The Kier molecular flexibility index (Phi) is 8.02. The molecule has 1 aromatic heterocycles. The first-order chi connectivity index (χ1) is 22.7. The second-order valence-electron chi connectivity index (χ2n) is 12.7. The van der Waals surface area contributed by atoms with Crippen LogP contribution in [-0.2, 0) is 13.0 Å². The molecule has 2 aliphatic rings. The molecule has 0 N–H and O–H groups in total. The lowest BCUT2D eigenvalue weighted by Gasteiger charge is -2.40. The van der Waals surface area contributed by atoms with Gasteiger partial charge in [0.2, 0.25) is 0 Å². The van der Waals surface area contributed by atoms with Gasteiger partial charge in [-0.2, -0.15) is 0 Å². The van der Waals surface area contributed by atoms with Crippen molar-refractivity contribution in [1.29, 1.82) is 0 Å². The maximum atomic E-state index is 14.3. The number of carbonyl (C=O) groups is 3. The molecule has 3 atom stereocenters. The first-order valence-corrected chi connectivity index (χ1v) is 16.2. The third kappa shape index (κ3) is 5.65. The molecule has 0 spiro atoms. The molecule has 8 heteroatoms. The number of ether oxygens (including phenoxy) is 1. The summed E-state index contributed by atoms with van der Waals surface area (Å²) in [6.45, 7) is 6.25.